The maximum atomic E-state index is 14.5. The average molecular weight is 719 g/mol. The number of halogens is 8. The number of epoxide rings is 2. The lowest BCUT2D eigenvalue weighted by molar-refractivity contribution is -0.165. The molecule has 2 heterocycles. The molecule has 0 radical (unpaired) electrons. The highest BCUT2D eigenvalue weighted by molar-refractivity contribution is 5.76. The van der Waals surface area contributed by atoms with Gasteiger partial charge in [0.25, 0.3) is 0 Å². The Labute approximate surface area is 280 Å². The largest absolute Gasteiger partial charge is 0.493 e. The lowest BCUT2D eigenvalue weighted by Gasteiger charge is -2.21. The number of benzene rings is 3. The molecule has 2 aliphatic rings. The van der Waals surface area contributed by atoms with E-state index in [0.29, 0.717) is 38.2 Å². The molecule has 0 N–H and O–H groups in total. The van der Waals surface area contributed by atoms with E-state index in [2.05, 4.69) is 9.47 Å². The summed E-state index contributed by atoms with van der Waals surface area (Å²) >= 11 is 0. The minimum Gasteiger partial charge on any atom is -0.493 e. The molecule has 50 heavy (non-hydrogen) atoms. The van der Waals surface area contributed by atoms with Crippen LogP contribution in [-0.4, -0.2) is 50.6 Å². The Bertz CT molecular complexity index is 1560. The quantitative estimate of drug-likeness (QED) is 0.0654. The van der Waals surface area contributed by atoms with Gasteiger partial charge in [0.2, 0.25) is 0 Å². The predicted octanol–water partition coefficient (Wildman–Crippen LogP) is 7.41. The van der Waals surface area contributed by atoms with Gasteiger partial charge in [-0.25, -0.2) is 8.78 Å². The molecule has 0 spiro atoms. The smallest absolute Gasteiger partial charge is 0.420 e. The molecule has 16 heteroatoms. The van der Waals surface area contributed by atoms with E-state index in [-0.39, 0.29) is 60.9 Å². The van der Waals surface area contributed by atoms with Gasteiger partial charge >= 0.3 is 24.3 Å². The standard InChI is InChI=1S/C34H30F8O8/c35-25-15-21(45-13-11-23-17-47-23)5-1-19(25)3-9-29(43)49-27-7-8-28(32(34(40,41)42)31(27)33(37,38)39)50-30(44)10-4-20-2-6-22(16-26(20)36)46-14-12-24-18-48-24/h1-2,5-8,15-16,23-24H,3-4,9-14,17-18H2. The molecule has 0 bridgehead atoms. The number of esters is 2. The van der Waals surface area contributed by atoms with Crippen LogP contribution in [0.4, 0.5) is 35.1 Å². The zero-order chi connectivity index (χ0) is 36.1. The Kier molecular flexibility index (Phi) is 11.5. The fourth-order valence-corrected chi connectivity index (χ4v) is 4.85. The van der Waals surface area contributed by atoms with Crippen LogP contribution in [0.15, 0.2) is 48.5 Å². The Morgan fingerprint density at radius 1 is 0.640 bits per heavy atom. The van der Waals surface area contributed by atoms with E-state index in [4.69, 9.17) is 18.9 Å². The third kappa shape index (κ3) is 10.5. The van der Waals surface area contributed by atoms with E-state index in [1.165, 1.54) is 24.3 Å². The number of hydrogen-bond acceptors (Lipinski definition) is 8. The first kappa shape index (κ1) is 36.8. The normalized spacial score (nSPS) is 16.9. The number of aryl methyl sites for hydroxylation is 2. The van der Waals surface area contributed by atoms with Crippen molar-refractivity contribution in [2.24, 2.45) is 0 Å². The molecule has 270 valence electrons. The number of carbonyl (C=O) groups is 2. The lowest BCUT2D eigenvalue weighted by atomic mass is 10.0. The molecule has 2 saturated heterocycles. The van der Waals surface area contributed by atoms with Gasteiger partial charge in [-0.1, -0.05) is 12.1 Å². The summed E-state index contributed by atoms with van der Waals surface area (Å²) in [6.07, 6.45) is -12.1. The van der Waals surface area contributed by atoms with Gasteiger partial charge in [-0.2, -0.15) is 26.3 Å². The molecular formula is C34H30F8O8. The van der Waals surface area contributed by atoms with Crippen molar-refractivity contribution in [3.8, 4) is 23.0 Å². The van der Waals surface area contributed by atoms with Gasteiger partial charge in [-0.05, 0) is 48.2 Å². The van der Waals surface area contributed by atoms with Gasteiger partial charge < -0.3 is 28.4 Å². The van der Waals surface area contributed by atoms with Crippen molar-refractivity contribution >= 4 is 11.9 Å². The summed E-state index contributed by atoms with van der Waals surface area (Å²) in [4.78, 5) is 24.9. The van der Waals surface area contributed by atoms with Gasteiger partial charge in [0.15, 0.2) is 0 Å². The average Bonchev–Trinajstić information content (AvgIpc) is 3.97. The molecule has 5 rings (SSSR count). The number of hydrogen-bond donors (Lipinski definition) is 0. The van der Waals surface area contributed by atoms with E-state index < -0.39 is 71.4 Å². The Morgan fingerprint density at radius 3 is 1.34 bits per heavy atom. The first-order chi connectivity index (χ1) is 23.7. The van der Waals surface area contributed by atoms with E-state index in [1.807, 2.05) is 0 Å². The summed E-state index contributed by atoms with van der Waals surface area (Å²) in [6.45, 7) is 1.80. The van der Waals surface area contributed by atoms with E-state index in [9.17, 15) is 44.7 Å². The van der Waals surface area contributed by atoms with Crippen molar-refractivity contribution in [2.75, 3.05) is 26.4 Å². The summed E-state index contributed by atoms with van der Waals surface area (Å²) in [5.74, 6) is -6.90. The van der Waals surface area contributed by atoms with Gasteiger partial charge in [0.05, 0.1) is 51.5 Å². The molecule has 2 unspecified atom stereocenters. The topological polar surface area (TPSA) is 96.1 Å². The number of ether oxygens (including phenoxy) is 6. The fourth-order valence-electron chi connectivity index (χ4n) is 4.85. The Morgan fingerprint density at radius 2 is 1.02 bits per heavy atom. The van der Waals surface area contributed by atoms with Crippen molar-refractivity contribution in [1.29, 1.82) is 0 Å². The van der Waals surface area contributed by atoms with Gasteiger partial charge in [0, 0.05) is 25.0 Å². The van der Waals surface area contributed by atoms with Gasteiger partial charge in [0.1, 0.15) is 45.8 Å². The van der Waals surface area contributed by atoms with Crippen LogP contribution in [0.25, 0.3) is 0 Å². The molecule has 0 amide bonds. The van der Waals surface area contributed by atoms with Crippen molar-refractivity contribution in [1.82, 2.24) is 0 Å². The van der Waals surface area contributed by atoms with Crippen molar-refractivity contribution < 1.29 is 73.1 Å². The number of alkyl halides is 6. The molecule has 3 aromatic rings. The summed E-state index contributed by atoms with van der Waals surface area (Å²) in [5, 5.41) is 0. The van der Waals surface area contributed by atoms with Crippen LogP contribution in [0.2, 0.25) is 0 Å². The van der Waals surface area contributed by atoms with Crippen molar-refractivity contribution in [2.45, 2.75) is 63.1 Å². The molecule has 0 aliphatic carbocycles. The lowest BCUT2D eigenvalue weighted by Crippen LogP contribution is -2.22. The van der Waals surface area contributed by atoms with Crippen molar-refractivity contribution in [3.05, 3.63) is 82.4 Å². The molecule has 2 atom stereocenters. The molecule has 3 aromatic carbocycles. The van der Waals surface area contributed by atoms with Crippen LogP contribution < -0.4 is 18.9 Å². The zero-order valence-corrected chi connectivity index (χ0v) is 26.1. The molecular weight excluding hydrogens is 688 g/mol. The van der Waals surface area contributed by atoms with Crippen LogP contribution in [-0.2, 0) is 44.3 Å². The van der Waals surface area contributed by atoms with Crippen LogP contribution in [0.1, 0.15) is 47.9 Å². The second kappa shape index (κ2) is 15.6. The minimum absolute atomic E-state index is 0.0160. The molecule has 0 saturated carbocycles. The first-order valence-corrected chi connectivity index (χ1v) is 15.5. The monoisotopic (exact) mass is 718 g/mol. The molecule has 8 nitrogen and oxygen atoms in total. The van der Waals surface area contributed by atoms with Crippen LogP contribution in [0.5, 0.6) is 23.0 Å². The highest BCUT2D eigenvalue weighted by atomic mass is 19.4. The molecule has 0 aromatic heterocycles. The first-order valence-electron chi connectivity index (χ1n) is 15.5. The second-order valence-corrected chi connectivity index (χ2v) is 11.4. The van der Waals surface area contributed by atoms with Crippen LogP contribution >= 0.6 is 0 Å². The molecule has 2 fully saturated rings. The van der Waals surface area contributed by atoms with E-state index in [1.54, 1.807) is 0 Å². The van der Waals surface area contributed by atoms with E-state index in [0.717, 1.165) is 12.1 Å². The van der Waals surface area contributed by atoms with E-state index >= 15 is 0 Å². The third-order valence-electron chi connectivity index (χ3n) is 7.61. The van der Waals surface area contributed by atoms with Gasteiger partial charge in [-0.15, -0.1) is 0 Å². The predicted molar refractivity (Wildman–Crippen MR) is 157 cm³/mol. The Hall–Kier alpha value is -4.44. The number of carbonyl (C=O) groups excluding carboxylic acids is 2. The zero-order valence-electron chi connectivity index (χ0n) is 26.1. The highest BCUT2D eigenvalue weighted by Crippen LogP contribution is 2.49. The van der Waals surface area contributed by atoms with Gasteiger partial charge in [-0.3, -0.25) is 9.59 Å². The summed E-state index contributed by atoms with van der Waals surface area (Å²) in [7, 11) is 0. The summed E-state index contributed by atoms with van der Waals surface area (Å²) in [5.41, 5.74) is -4.83. The Balaban J connectivity index is 1.22. The highest BCUT2D eigenvalue weighted by Gasteiger charge is 2.49. The third-order valence-corrected chi connectivity index (χ3v) is 7.61. The van der Waals surface area contributed by atoms with Crippen LogP contribution in [0.3, 0.4) is 0 Å². The van der Waals surface area contributed by atoms with Crippen LogP contribution in [0, 0.1) is 11.6 Å². The maximum Gasteiger partial charge on any atom is 0.420 e. The second-order valence-electron chi connectivity index (χ2n) is 11.4. The van der Waals surface area contributed by atoms with Crippen molar-refractivity contribution in [3.63, 3.8) is 0 Å². The molecule has 2 aliphatic heterocycles. The summed E-state index contributed by atoms with van der Waals surface area (Å²) < 4.78 is 144. The minimum atomic E-state index is -5.73. The SMILES string of the molecule is O=C(CCc1ccc(OCCC2CO2)cc1F)Oc1ccc(OC(=O)CCc2ccc(OCCC3CO3)cc2F)c(C(F)(F)F)c1C(F)(F)F. The maximum absolute atomic E-state index is 14.5. The number of rotatable bonds is 16. The fraction of sp³-hybridized carbons (Fsp3) is 0.412. The summed E-state index contributed by atoms with van der Waals surface area (Å²) in [6, 6.07) is 8.36.